The molecular formula is C40H22. The van der Waals surface area contributed by atoms with Gasteiger partial charge in [-0.25, -0.2) is 0 Å². The number of fused-ring (bicyclic) bond motifs is 14. The van der Waals surface area contributed by atoms with Crippen molar-refractivity contribution >= 4 is 97.0 Å². The van der Waals surface area contributed by atoms with Gasteiger partial charge in [0, 0.05) is 0 Å². The van der Waals surface area contributed by atoms with Gasteiger partial charge in [0.25, 0.3) is 0 Å². The molecule has 0 nitrogen and oxygen atoms in total. The number of hydrogen-bond donors (Lipinski definition) is 0. The summed E-state index contributed by atoms with van der Waals surface area (Å²) in [5, 5.41) is 24.1. The molecule has 0 aliphatic heterocycles. The minimum atomic E-state index is 1.29. The monoisotopic (exact) mass is 502 g/mol. The third-order valence-corrected chi connectivity index (χ3v) is 9.32. The average Bonchev–Trinajstić information content (AvgIpc) is 3.03. The summed E-state index contributed by atoms with van der Waals surface area (Å²) in [4.78, 5) is 0. The van der Waals surface area contributed by atoms with E-state index in [1.54, 1.807) is 0 Å². The van der Waals surface area contributed by atoms with E-state index in [1.165, 1.54) is 97.0 Å². The average molecular weight is 503 g/mol. The van der Waals surface area contributed by atoms with Crippen LogP contribution in [0.25, 0.3) is 97.0 Å². The molecule has 0 saturated heterocycles. The van der Waals surface area contributed by atoms with Gasteiger partial charge in [0.05, 0.1) is 0 Å². The fraction of sp³-hybridized carbons (Fsp3) is 0. The van der Waals surface area contributed by atoms with Crippen molar-refractivity contribution in [2.75, 3.05) is 0 Å². The quantitative estimate of drug-likeness (QED) is 0.143. The maximum atomic E-state index is 2.35. The molecule has 0 aliphatic carbocycles. The lowest BCUT2D eigenvalue weighted by Gasteiger charge is -2.20. The minimum Gasteiger partial charge on any atom is -0.0616 e. The minimum absolute atomic E-state index is 1.29. The number of hydrogen-bond acceptors (Lipinski definition) is 0. The van der Waals surface area contributed by atoms with Gasteiger partial charge in [-0.15, -0.1) is 0 Å². The van der Waals surface area contributed by atoms with Crippen LogP contribution >= 0.6 is 0 Å². The molecule has 0 saturated carbocycles. The maximum Gasteiger partial charge on any atom is -0.00137 e. The molecule has 0 heterocycles. The molecule has 0 amide bonds. The number of rotatable bonds is 0. The third kappa shape index (κ3) is 2.43. The Labute approximate surface area is 230 Å². The second-order valence-electron chi connectivity index (χ2n) is 11.2. The van der Waals surface area contributed by atoms with Gasteiger partial charge >= 0.3 is 0 Å². The van der Waals surface area contributed by atoms with Crippen molar-refractivity contribution in [1.82, 2.24) is 0 Å². The van der Waals surface area contributed by atoms with Gasteiger partial charge in [0.2, 0.25) is 0 Å². The smallest absolute Gasteiger partial charge is 0.00137 e. The number of benzene rings is 10. The van der Waals surface area contributed by atoms with Crippen molar-refractivity contribution < 1.29 is 0 Å². The first-order valence-corrected chi connectivity index (χ1v) is 14.0. The highest BCUT2D eigenvalue weighted by atomic mass is 14.2. The van der Waals surface area contributed by atoms with Gasteiger partial charge in [-0.3, -0.25) is 0 Å². The van der Waals surface area contributed by atoms with Gasteiger partial charge in [-0.2, -0.15) is 0 Å². The molecule has 0 spiro atoms. The zero-order valence-corrected chi connectivity index (χ0v) is 21.7. The Morgan fingerprint density at radius 2 is 0.500 bits per heavy atom. The Morgan fingerprint density at radius 3 is 1.00 bits per heavy atom. The fourth-order valence-corrected chi connectivity index (χ4v) is 7.71. The summed E-state index contributed by atoms with van der Waals surface area (Å²) < 4.78 is 0. The van der Waals surface area contributed by atoms with Crippen LogP contribution < -0.4 is 0 Å². The van der Waals surface area contributed by atoms with Crippen LogP contribution in [0.3, 0.4) is 0 Å². The fourth-order valence-electron chi connectivity index (χ4n) is 7.71. The molecule has 10 aromatic rings. The molecule has 0 unspecified atom stereocenters. The molecular weight excluding hydrogens is 480 g/mol. The van der Waals surface area contributed by atoms with Crippen LogP contribution in [0, 0.1) is 0 Å². The molecule has 182 valence electrons. The van der Waals surface area contributed by atoms with Crippen LogP contribution in [0.15, 0.2) is 133 Å². The second kappa shape index (κ2) is 7.25. The highest BCUT2D eigenvalue weighted by Crippen LogP contribution is 2.49. The topological polar surface area (TPSA) is 0 Å². The van der Waals surface area contributed by atoms with Crippen LogP contribution in [0.1, 0.15) is 0 Å². The van der Waals surface area contributed by atoms with Crippen LogP contribution in [-0.2, 0) is 0 Å². The van der Waals surface area contributed by atoms with Gasteiger partial charge in [0.1, 0.15) is 0 Å². The van der Waals surface area contributed by atoms with Gasteiger partial charge < -0.3 is 0 Å². The van der Waals surface area contributed by atoms with E-state index in [0.717, 1.165) is 0 Å². The Bertz CT molecular complexity index is 2500. The van der Waals surface area contributed by atoms with Crippen molar-refractivity contribution in [2.24, 2.45) is 0 Å². The lowest BCUT2D eigenvalue weighted by Crippen LogP contribution is -1.91. The molecule has 0 radical (unpaired) electrons. The van der Waals surface area contributed by atoms with Crippen molar-refractivity contribution in [2.45, 2.75) is 0 Å². The molecule has 0 N–H and O–H groups in total. The summed E-state index contributed by atoms with van der Waals surface area (Å²) in [6.07, 6.45) is 0. The van der Waals surface area contributed by atoms with E-state index >= 15 is 0 Å². The largest absolute Gasteiger partial charge is 0.0616 e. The predicted octanol–water partition coefficient (Wildman–Crippen LogP) is 11.5. The molecule has 0 fully saturated rings. The zero-order valence-electron chi connectivity index (χ0n) is 21.7. The summed E-state index contributed by atoms with van der Waals surface area (Å²) >= 11 is 0. The van der Waals surface area contributed by atoms with Crippen LogP contribution in [0.5, 0.6) is 0 Å². The highest BCUT2D eigenvalue weighted by Gasteiger charge is 2.20. The van der Waals surface area contributed by atoms with Crippen molar-refractivity contribution in [3.8, 4) is 0 Å². The summed E-state index contributed by atoms with van der Waals surface area (Å²) in [6.45, 7) is 0. The summed E-state index contributed by atoms with van der Waals surface area (Å²) in [5.74, 6) is 0. The SMILES string of the molecule is c1ccc2c(c1)ccc1ccc3c4cccc5c6c(ccc7ccc8ccccc8c76)c6cccc(c3c12)c6c45. The van der Waals surface area contributed by atoms with E-state index in [9.17, 15) is 0 Å². The van der Waals surface area contributed by atoms with E-state index in [2.05, 4.69) is 133 Å². The molecule has 0 aromatic heterocycles. The van der Waals surface area contributed by atoms with E-state index < -0.39 is 0 Å². The van der Waals surface area contributed by atoms with Gasteiger partial charge in [0.15, 0.2) is 0 Å². The van der Waals surface area contributed by atoms with Gasteiger partial charge in [-0.05, 0) is 97.0 Å². The standard InChI is InChI=1S/C40H22/c1-3-9-27-23(7-1)15-17-25-19-21-31-29-11-6-14-34-38-32(22-20-26-18-16-24-8-2-4-10-28(24)36(26)38)30-12-5-13-33(37(31)35(25)27)39(30)40(29)34/h1-22H. The second-order valence-corrected chi connectivity index (χ2v) is 11.2. The first kappa shape index (κ1) is 20.7. The normalized spacial score (nSPS) is 12.5. The predicted molar refractivity (Wildman–Crippen MR) is 175 cm³/mol. The van der Waals surface area contributed by atoms with Crippen LogP contribution in [0.4, 0.5) is 0 Å². The molecule has 0 atom stereocenters. The molecule has 40 heavy (non-hydrogen) atoms. The molecule has 10 aromatic carbocycles. The molecule has 0 bridgehead atoms. The van der Waals surface area contributed by atoms with Crippen molar-refractivity contribution in [1.29, 1.82) is 0 Å². The van der Waals surface area contributed by atoms with E-state index in [4.69, 9.17) is 0 Å². The lowest BCUT2D eigenvalue weighted by atomic mass is 9.83. The first-order chi connectivity index (χ1) is 19.9. The molecule has 0 heteroatoms. The van der Waals surface area contributed by atoms with Crippen molar-refractivity contribution in [3.63, 3.8) is 0 Å². The first-order valence-electron chi connectivity index (χ1n) is 14.0. The molecule has 0 aliphatic rings. The van der Waals surface area contributed by atoms with E-state index in [1.807, 2.05) is 0 Å². The summed E-state index contributed by atoms with van der Waals surface area (Å²) in [6, 6.07) is 49.9. The van der Waals surface area contributed by atoms with Crippen LogP contribution in [0.2, 0.25) is 0 Å². The third-order valence-electron chi connectivity index (χ3n) is 9.32. The van der Waals surface area contributed by atoms with E-state index in [0.29, 0.717) is 0 Å². The highest BCUT2D eigenvalue weighted by molar-refractivity contribution is 6.45. The summed E-state index contributed by atoms with van der Waals surface area (Å²) in [5.41, 5.74) is 0. The molecule has 10 rings (SSSR count). The summed E-state index contributed by atoms with van der Waals surface area (Å²) in [7, 11) is 0. The zero-order chi connectivity index (χ0) is 25.9. The van der Waals surface area contributed by atoms with Gasteiger partial charge in [-0.1, -0.05) is 133 Å². The Balaban J connectivity index is 1.57. The maximum absolute atomic E-state index is 2.35. The Kier molecular flexibility index (Phi) is 3.76. The Hall–Kier alpha value is -5.20. The Morgan fingerprint density at radius 1 is 0.175 bits per heavy atom. The lowest BCUT2D eigenvalue weighted by molar-refractivity contribution is 1.79. The van der Waals surface area contributed by atoms with Crippen molar-refractivity contribution in [3.05, 3.63) is 133 Å². The van der Waals surface area contributed by atoms with Crippen LogP contribution in [-0.4, -0.2) is 0 Å². The van der Waals surface area contributed by atoms with E-state index in [-0.39, 0.29) is 0 Å².